The topological polar surface area (TPSA) is 77.8 Å². The minimum absolute atomic E-state index is 0.182. The average Bonchev–Trinajstić information content (AvgIpc) is 2.36. The molecule has 1 aliphatic rings. The van der Waals surface area contributed by atoms with E-state index in [1.165, 1.54) is 4.90 Å². The van der Waals surface area contributed by atoms with E-state index in [0.29, 0.717) is 22.0 Å². The van der Waals surface area contributed by atoms with Gasteiger partial charge in [0.2, 0.25) is 0 Å². The SMILES string of the molecule is O=C(O)C1CCN(C(=O)O)C(c2cc(Cl)cc(Cl)c2)C1. The van der Waals surface area contributed by atoms with Gasteiger partial charge in [-0.25, -0.2) is 4.79 Å². The van der Waals surface area contributed by atoms with Gasteiger partial charge in [-0.1, -0.05) is 23.2 Å². The predicted octanol–water partition coefficient (Wildman–Crippen LogP) is 3.51. The van der Waals surface area contributed by atoms with Crippen molar-refractivity contribution < 1.29 is 19.8 Å². The number of carbonyl (C=O) groups is 2. The summed E-state index contributed by atoms with van der Waals surface area (Å²) in [5.41, 5.74) is 0.621. The lowest BCUT2D eigenvalue weighted by molar-refractivity contribution is -0.144. The number of hydrogen-bond donors (Lipinski definition) is 2. The fourth-order valence-electron chi connectivity index (χ4n) is 2.50. The summed E-state index contributed by atoms with van der Waals surface area (Å²) in [5.74, 6) is -1.47. The molecule has 108 valence electrons. The fraction of sp³-hybridized carbons (Fsp3) is 0.385. The number of nitrogens with zero attached hydrogens (tertiary/aromatic N) is 1. The van der Waals surface area contributed by atoms with Crippen molar-refractivity contribution in [3.05, 3.63) is 33.8 Å². The molecule has 5 nitrogen and oxygen atoms in total. The number of carboxylic acids is 1. The Hall–Kier alpha value is -1.46. The number of halogens is 2. The third-order valence-electron chi connectivity index (χ3n) is 3.47. The molecule has 0 bridgehead atoms. The molecule has 2 rings (SSSR count). The van der Waals surface area contributed by atoms with E-state index in [0.717, 1.165) is 0 Å². The van der Waals surface area contributed by atoms with Crippen LogP contribution in [-0.4, -0.2) is 33.7 Å². The number of carboxylic acid groups (broad SMARTS) is 2. The van der Waals surface area contributed by atoms with Gasteiger partial charge in [-0.2, -0.15) is 0 Å². The molecule has 2 unspecified atom stereocenters. The van der Waals surface area contributed by atoms with Crippen LogP contribution in [0.25, 0.3) is 0 Å². The molecule has 0 radical (unpaired) electrons. The van der Waals surface area contributed by atoms with Crippen LogP contribution in [0.3, 0.4) is 0 Å². The molecule has 0 aromatic heterocycles. The summed E-state index contributed by atoms with van der Waals surface area (Å²) >= 11 is 11.9. The van der Waals surface area contributed by atoms with Crippen molar-refractivity contribution in [3.63, 3.8) is 0 Å². The van der Waals surface area contributed by atoms with Crippen LogP contribution in [-0.2, 0) is 4.79 Å². The number of hydrogen-bond acceptors (Lipinski definition) is 2. The molecule has 0 spiro atoms. The lowest BCUT2D eigenvalue weighted by Gasteiger charge is -2.36. The van der Waals surface area contributed by atoms with Gasteiger partial charge in [-0.15, -0.1) is 0 Å². The van der Waals surface area contributed by atoms with Gasteiger partial charge in [0.1, 0.15) is 0 Å². The normalized spacial score (nSPS) is 22.6. The summed E-state index contributed by atoms with van der Waals surface area (Å²) in [6.45, 7) is 0.182. The zero-order chi connectivity index (χ0) is 14.9. The van der Waals surface area contributed by atoms with E-state index in [4.69, 9.17) is 28.3 Å². The first-order chi connectivity index (χ1) is 9.38. The zero-order valence-electron chi connectivity index (χ0n) is 10.4. The Morgan fingerprint density at radius 1 is 1.15 bits per heavy atom. The monoisotopic (exact) mass is 317 g/mol. The second kappa shape index (κ2) is 5.89. The molecule has 1 heterocycles. The average molecular weight is 318 g/mol. The van der Waals surface area contributed by atoms with E-state index in [2.05, 4.69) is 0 Å². The standard InChI is InChI=1S/C13H13Cl2NO4/c14-9-3-8(4-10(15)6-9)11-5-7(12(17)18)1-2-16(11)13(19)20/h3-4,6-7,11H,1-2,5H2,(H,17,18)(H,19,20). The highest BCUT2D eigenvalue weighted by Crippen LogP contribution is 2.36. The molecule has 7 heteroatoms. The highest BCUT2D eigenvalue weighted by Gasteiger charge is 2.35. The second-order valence-electron chi connectivity index (χ2n) is 4.75. The fourth-order valence-corrected chi connectivity index (χ4v) is 3.05. The summed E-state index contributed by atoms with van der Waals surface area (Å²) in [6.07, 6.45) is -0.542. The molecular weight excluding hydrogens is 305 g/mol. The van der Waals surface area contributed by atoms with Crippen molar-refractivity contribution in [1.29, 1.82) is 0 Å². The Morgan fingerprint density at radius 2 is 1.75 bits per heavy atom. The third-order valence-corrected chi connectivity index (χ3v) is 3.90. The van der Waals surface area contributed by atoms with Crippen molar-refractivity contribution in [1.82, 2.24) is 4.90 Å². The van der Waals surface area contributed by atoms with E-state index >= 15 is 0 Å². The number of amides is 1. The van der Waals surface area contributed by atoms with Crippen LogP contribution in [0.15, 0.2) is 18.2 Å². The Kier molecular flexibility index (Phi) is 4.40. The molecule has 1 aromatic rings. The highest BCUT2D eigenvalue weighted by atomic mass is 35.5. The maximum Gasteiger partial charge on any atom is 0.407 e. The molecule has 1 aliphatic heterocycles. The first-order valence-electron chi connectivity index (χ1n) is 6.07. The molecule has 20 heavy (non-hydrogen) atoms. The lowest BCUT2D eigenvalue weighted by atomic mass is 9.87. The van der Waals surface area contributed by atoms with E-state index in [1.807, 2.05) is 0 Å². The Labute approximate surface area is 125 Å². The van der Waals surface area contributed by atoms with E-state index in [1.54, 1.807) is 18.2 Å². The van der Waals surface area contributed by atoms with E-state index in [-0.39, 0.29) is 13.0 Å². The van der Waals surface area contributed by atoms with Crippen molar-refractivity contribution in [2.24, 2.45) is 5.92 Å². The summed E-state index contributed by atoms with van der Waals surface area (Å²) in [6, 6.07) is 4.25. The van der Waals surface area contributed by atoms with Crippen molar-refractivity contribution in [2.45, 2.75) is 18.9 Å². The van der Waals surface area contributed by atoms with E-state index in [9.17, 15) is 14.7 Å². The van der Waals surface area contributed by atoms with Crippen LogP contribution in [0.2, 0.25) is 10.0 Å². The summed E-state index contributed by atoms with van der Waals surface area (Å²) in [7, 11) is 0. The summed E-state index contributed by atoms with van der Waals surface area (Å²) < 4.78 is 0. The Bertz CT molecular complexity index is 529. The van der Waals surface area contributed by atoms with Gasteiger partial charge in [0.15, 0.2) is 0 Å². The number of aliphatic carboxylic acids is 1. The molecule has 0 saturated carbocycles. The summed E-state index contributed by atoms with van der Waals surface area (Å²) in [4.78, 5) is 23.7. The first-order valence-corrected chi connectivity index (χ1v) is 6.82. The highest BCUT2D eigenvalue weighted by molar-refractivity contribution is 6.34. The number of piperidine rings is 1. The van der Waals surface area contributed by atoms with Gasteiger partial charge >= 0.3 is 12.1 Å². The molecule has 2 N–H and O–H groups in total. The van der Waals surface area contributed by atoms with E-state index < -0.39 is 24.0 Å². The lowest BCUT2D eigenvalue weighted by Crippen LogP contribution is -2.42. The largest absolute Gasteiger partial charge is 0.481 e. The van der Waals surface area contributed by atoms with Crippen molar-refractivity contribution in [3.8, 4) is 0 Å². The number of rotatable bonds is 2. The molecular formula is C13H13Cl2NO4. The molecule has 1 fully saturated rings. The van der Waals surface area contributed by atoms with Crippen LogP contribution >= 0.6 is 23.2 Å². The molecule has 1 amide bonds. The summed E-state index contributed by atoms with van der Waals surface area (Å²) in [5, 5.41) is 19.2. The van der Waals surface area contributed by atoms with Gasteiger partial charge in [-0.3, -0.25) is 4.79 Å². The van der Waals surface area contributed by atoms with Gasteiger partial charge in [-0.05, 0) is 36.6 Å². The molecule has 1 saturated heterocycles. The minimum atomic E-state index is -1.07. The quantitative estimate of drug-likeness (QED) is 0.875. The van der Waals surface area contributed by atoms with Crippen molar-refractivity contribution >= 4 is 35.3 Å². The maximum absolute atomic E-state index is 11.3. The van der Waals surface area contributed by atoms with Crippen LogP contribution in [0.4, 0.5) is 4.79 Å². The molecule has 1 aromatic carbocycles. The zero-order valence-corrected chi connectivity index (χ0v) is 11.9. The number of likely N-dealkylation sites (tertiary alicyclic amines) is 1. The third kappa shape index (κ3) is 3.16. The number of benzene rings is 1. The molecule has 0 aliphatic carbocycles. The van der Waals surface area contributed by atoms with Gasteiger partial charge in [0, 0.05) is 16.6 Å². The first kappa shape index (κ1) is 14.9. The van der Waals surface area contributed by atoms with Gasteiger partial charge in [0.25, 0.3) is 0 Å². The molecule has 2 atom stereocenters. The second-order valence-corrected chi connectivity index (χ2v) is 5.63. The Morgan fingerprint density at radius 3 is 2.25 bits per heavy atom. The van der Waals surface area contributed by atoms with Gasteiger partial charge < -0.3 is 15.1 Å². The van der Waals surface area contributed by atoms with Crippen LogP contribution in [0.5, 0.6) is 0 Å². The van der Waals surface area contributed by atoms with Crippen molar-refractivity contribution in [2.75, 3.05) is 6.54 Å². The Balaban J connectivity index is 2.35. The van der Waals surface area contributed by atoms with Crippen LogP contribution in [0, 0.1) is 5.92 Å². The predicted molar refractivity (Wildman–Crippen MR) is 74.3 cm³/mol. The van der Waals surface area contributed by atoms with Crippen LogP contribution < -0.4 is 0 Å². The smallest absolute Gasteiger partial charge is 0.407 e. The van der Waals surface area contributed by atoms with Crippen LogP contribution in [0.1, 0.15) is 24.4 Å². The van der Waals surface area contributed by atoms with Gasteiger partial charge in [0.05, 0.1) is 12.0 Å². The minimum Gasteiger partial charge on any atom is -0.481 e. The maximum atomic E-state index is 11.3.